The van der Waals surface area contributed by atoms with E-state index in [2.05, 4.69) is 6.08 Å². The van der Waals surface area contributed by atoms with E-state index >= 15 is 0 Å². The molecule has 0 unspecified atom stereocenters. The van der Waals surface area contributed by atoms with Gasteiger partial charge in [-0.25, -0.2) is 17.6 Å². The summed E-state index contributed by atoms with van der Waals surface area (Å²) in [5, 5.41) is 0. The van der Waals surface area contributed by atoms with Crippen molar-refractivity contribution in [1.29, 1.82) is 0 Å². The van der Waals surface area contributed by atoms with E-state index in [1.54, 1.807) is 11.5 Å². The maximum atomic E-state index is 2.42. The first-order chi connectivity index (χ1) is 3.97. The second kappa shape index (κ2) is 2.96. The van der Waals surface area contributed by atoms with E-state index in [4.69, 9.17) is 0 Å². The van der Waals surface area contributed by atoms with Gasteiger partial charge in [0.1, 0.15) is 0 Å². The van der Waals surface area contributed by atoms with Crippen LogP contribution in [0.2, 0.25) is 0 Å². The Hall–Kier alpha value is 0.350. The van der Waals surface area contributed by atoms with Crippen molar-refractivity contribution in [1.82, 2.24) is 0 Å². The van der Waals surface area contributed by atoms with Gasteiger partial charge in [-0.05, 0) is 0 Å². The molecule has 0 saturated heterocycles. The zero-order valence-electron chi connectivity index (χ0n) is 5.56. The Balaban J connectivity index is 0.000000405. The molecule has 9 heavy (non-hydrogen) atoms. The van der Waals surface area contributed by atoms with E-state index < -0.39 is 0 Å². The molecular formula is C8H11Nb-. The zero-order chi connectivity index (χ0) is 5.40. The van der Waals surface area contributed by atoms with Crippen LogP contribution in [0.25, 0.3) is 0 Å². The molecule has 0 spiro atoms. The second-order valence-corrected chi connectivity index (χ2v) is 2.73. The molecular weight excluding hydrogens is 189 g/mol. The zero-order valence-corrected chi connectivity index (χ0v) is 7.76. The van der Waals surface area contributed by atoms with Crippen LogP contribution < -0.4 is 0 Å². The van der Waals surface area contributed by atoms with Crippen LogP contribution >= 0.6 is 0 Å². The molecule has 49 valence electrons. The first kappa shape index (κ1) is 7.46. The van der Waals surface area contributed by atoms with Gasteiger partial charge in [0.25, 0.3) is 0 Å². The van der Waals surface area contributed by atoms with Crippen LogP contribution in [0.4, 0.5) is 0 Å². The van der Waals surface area contributed by atoms with Gasteiger partial charge in [-0.1, -0.05) is 12.8 Å². The van der Waals surface area contributed by atoms with Gasteiger partial charge in [-0.3, -0.25) is 0 Å². The van der Waals surface area contributed by atoms with E-state index in [9.17, 15) is 0 Å². The molecule has 0 aromatic rings. The molecule has 1 saturated carbocycles. The minimum Gasteiger partial charge on any atom is -0.227 e. The van der Waals surface area contributed by atoms with E-state index in [1.807, 2.05) is 0 Å². The molecule has 0 amide bonds. The average molecular weight is 200 g/mol. The van der Waals surface area contributed by atoms with Gasteiger partial charge in [-0.15, -0.1) is 19.3 Å². The minimum absolute atomic E-state index is 0. The van der Waals surface area contributed by atoms with Crippen molar-refractivity contribution >= 4 is 0 Å². The first-order valence-electron chi connectivity index (χ1n) is 3.51. The van der Waals surface area contributed by atoms with Crippen LogP contribution in [0.5, 0.6) is 0 Å². The molecule has 2 aliphatic carbocycles. The van der Waals surface area contributed by atoms with E-state index in [0.29, 0.717) is 0 Å². The molecule has 0 heterocycles. The van der Waals surface area contributed by atoms with Gasteiger partial charge >= 0.3 is 0 Å². The Morgan fingerprint density at radius 1 is 1.33 bits per heavy atom. The van der Waals surface area contributed by atoms with Crippen molar-refractivity contribution in [2.24, 2.45) is 0 Å². The van der Waals surface area contributed by atoms with Crippen LogP contribution in [0.15, 0.2) is 11.6 Å². The van der Waals surface area contributed by atoms with Gasteiger partial charge in [0.2, 0.25) is 0 Å². The normalized spacial score (nSPS) is 23.1. The van der Waals surface area contributed by atoms with Crippen LogP contribution in [0.1, 0.15) is 32.1 Å². The minimum atomic E-state index is 0. The summed E-state index contributed by atoms with van der Waals surface area (Å²) < 4.78 is 0. The summed E-state index contributed by atoms with van der Waals surface area (Å²) in [6.07, 6.45) is 9.38. The molecule has 0 atom stereocenters. The molecule has 0 N–H and O–H groups in total. The van der Waals surface area contributed by atoms with E-state index in [1.165, 1.54) is 32.1 Å². The van der Waals surface area contributed by atoms with Gasteiger partial charge in [0.15, 0.2) is 0 Å². The predicted molar refractivity (Wildman–Crippen MR) is 34.4 cm³/mol. The Kier molecular flexibility index (Phi) is 2.45. The summed E-state index contributed by atoms with van der Waals surface area (Å²) in [6.45, 7) is 0. The smallest absolute Gasteiger partial charge is 0 e. The van der Waals surface area contributed by atoms with Gasteiger partial charge in [-0.2, -0.15) is 0 Å². The molecule has 0 aliphatic heterocycles. The van der Waals surface area contributed by atoms with Crippen molar-refractivity contribution in [3.8, 4) is 0 Å². The maximum Gasteiger partial charge on any atom is 0 e. The maximum absolute atomic E-state index is 2.42. The molecule has 1 radical (unpaired) electrons. The van der Waals surface area contributed by atoms with Crippen molar-refractivity contribution in [2.75, 3.05) is 0 Å². The Morgan fingerprint density at radius 3 is 2.56 bits per heavy atom. The van der Waals surface area contributed by atoms with Crippen LogP contribution in [0, 0.1) is 5.92 Å². The molecule has 1 heteroatoms. The number of hydrogen-bond acceptors (Lipinski definition) is 0. The summed E-state index contributed by atoms with van der Waals surface area (Å²) in [4.78, 5) is 0. The van der Waals surface area contributed by atoms with Crippen LogP contribution in [-0.2, 0) is 22.4 Å². The third-order valence-corrected chi connectivity index (χ3v) is 2.00. The molecule has 1 fully saturated rings. The Morgan fingerprint density at radius 2 is 2.11 bits per heavy atom. The van der Waals surface area contributed by atoms with Crippen molar-refractivity contribution in [3.63, 3.8) is 0 Å². The monoisotopic (exact) mass is 200 g/mol. The van der Waals surface area contributed by atoms with Crippen LogP contribution in [-0.4, -0.2) is 0 Å². The Bertz CT molecular complexity index is 123. The van der Waals surface area contributed by atoms with Gasteiger partial charge < -0.3 is 0 Å². The summed E-state index contributed by atoms with van der Waals surface area (Å²) >= 11 is 0. The fourth-order valence-electron chi connectivity index (χ4n) is 1.38. The van der Waals surface area contributed by atoms with Gasteiger partial charge in [0, 0.05) is 22.4 Å². The molecule has 2 rings (SSSR count). The third-order valence-electron chi connectivity index (χ3n) is 2.00. The largest absolute Gasteiger partial charge is 0.227 e. The van der Waals surface area contributed by atoms with Crippen molar-refractivity contribution in [2.45, 2.75) is 32.1 Å². The molecule has 0 nitrogen and oxygen atoms in total. The van der Waals surface area contributed by atoms with E-state index in [0.717, 1.165) is 0 Å². The van der Waals surface area contributed by atoms with Gasteiger partial charge in [0.05, 0.1) is 0 Å². The Labute approximate surface area is 72.2 Å². The van der Waals surface area contributed by atoms with Crippen molar-refractivity contribution in [3.05, 3.63) is 17.6 Å². The number of rotatable bonds is 1. The molecule has 0 aromatic heterocycles. The fraction of sp³-hybridized carbons (Fsp3) is 0.625. The SMILES string of the molecule is C1=C([C-]2CC2)CCC1.[Nb]. The van der Waals surface area contributed by atoms with E-state index in [-0.39, 0.29) is 22.4 Å². The standard InChI is InChI=1S/C8H11.Nb/c1-2-4-7(3-1)8-5-6-8;/h3H,1-2,4-6H2;/q-1;. The topological polar surface area (TPSA) is 0 Å². The quantitative estimate of drug-likeness (QED) is 0.450. The summed E-state index contributed by atoms with van der Waals surface area (Å²) in [5.74, 6) is 1.75. The summed E-state index contributed by atoms with van der Waals surface area (Å²) in [6, 6.07) is 0. The average Bonchev–Trinajstić information content (AvgIpc) is 2.49. The fourth-order valence-corrected chi connectivity index (χ4v) is 1.38. The van der Waals surface area contributed by atoms with Crippen molar-refractivity contribution < 1.29 is 22.4 Å². The molecule has 2 aliphatic rings. The van der Waals surface area contributed by atoms with Crippen LogP contribution in [0.3, 0.4) is 0 Å². The summed E-state index contributed by atoms with van der Waals surface area (Å²) in [5.41, 5.74) is 1.70. The molecule has 0 bridgehead atoms. The third kappa shape index (κ3) is 1.64. The second-order valence-electron chi connectivity index (χ2n) is 2.73. The number of hydrogen-bond donors (Lipinski definition) is 0. The predicted octanol–water partition coefficient (Wildman–Crippen LogP) is 2.46. The first-order valence-corrected chi connectivity index (χ1v) is 3.51. The molecule has 0 aromatic carbocycles. The number of allylic oxidation sites excluding steroid dienone is 2. The summed E-state index contributed by atoms with van der Waals surface area (Å²) in [7, 11) is 0.